The zero-order chi connectivity index (χ0) is 23.1. The largest absolute Gasteiger partial charge is 0.356 e. The van der Waals surface area contributed by atoms with Gasteiger partial charge in [0.1, 0.15) is 5.82 Å². The highest BCUT2D eigenvalue weighted by molar-refractivity contribution is 5.93. The molecule has 34 heavy (non-hydrogen) atoms. The van der Waals surface area contributed by atoms with E-state index in [-0.39, 0.29) is 11.9 Å². The third-order valence-corrected chi connectivity index (χ3v) is 6.92. The second kappa shape index (κ2) is 8.59. The van der Waals surface area contributed by atoms with E-state index in [1.54, 1.807) is 6.07 Å². The zero-order valence-corrected chi connectivity index (χ0v) is 19.4. The molecular weight excluding hydrogens is 428 g/mol. The first-order chi connectivity index (χ1) is 16.7. The van der Waals surface area contributed by atoms with Crippen molar-refractivity contribution < 1.29 is 9.32 Å². The van der Waals surface area contributed by atoms with Crippen LogP contribution in [0.25, 0.3) is 17.0 Å². The minimum absolute atomic E-state index is 0.102. The molecular formula is C26H28N6O2. The maximum Gasteiger partial charge on any atom is 0.276 e. The Morgan fingerprint density at radius 3 is 2.65 bits per heavy atom. The molecule has 8 heteroatoms. The Morgan fingerprint density at radius 2 is 1.82 bits per heavy atom. The van der Waals surface area contributed by atoms with E-state index in [4.69, 9.17) is 14.6 Å². The first kappa shape index (κ1) is 20.9. The number of fused-ring (bicyclic) bond motifs is 1. The molecule has 1 aromatic carbocycles. The molecule has 0 saturated carbocycles. The van der Waals surface area contributed by atoms with Gasteiger partial charge in [-0.1, -0.05) is 35.5 Å². The topological polar surface area (TPSA) is 79.8 Å². The average Bonchev–Trinajstić information content (AvgIpc) is 3.64. The molecule has 174 valence electrons. The van der Waals surface area contributed by atoms with Crippen molar-refractivity contribution in [2.24, 2.45) is 0 Å². The van der Waals surface area contributed by atoms with Crippen LogP contribution >= 0.6 is 0 Å². The second-order valence-corrected chi connectivity index (χ2v) is 9.27. The number of nitrogens with zero attached hydrogens (tertiary/aromatic N) is 6. The van der Waals surface area contributed by atoms with Gasteiger partial charge in [-0.2, -0.15) is 5.10 Å². The van der Waals surface area contributed by atoms with Gasteiger partial charge in [0.15, 0.2) is 17.1 Å². The van der Waals surface area contributed by atoms with Gasteiger partial charge in [0.25, 0.3) is 5.91 Å². The van der Waals surface area contributed by atoms with Crippen LogP contribution in [-0.2, 0) is 0 Å². The summed E-state index contributed by atoms with van der Waals surface area (Å²) in [6, 6.07) is 13.4. The fourth-order valence-electron chi connectivity index (χ4n) is 5.17. The lowest BCUT2D eigenvalue weighted by molar-refractivity contribution is 0.0595. The summed E-state index contributed by atoms with van der Waals surface area (Å²) < 4.78 is 7.35. The molecule has 2 aliphatic rings. The lowest BCUT2D eigenvalue weighted by Crippen LogP contribution is -2.38. The summed E-state index contributed by atoms with van der Waals surface area (Å²) >= 11 is 0. The summed E-state index contributed by atoms with van der Waals surface area (Å²) in [4.78, 5) is 22.7. The third-order valence-electron chi connectivity index (χ3n) is 6.92. The predicted octanol–water partition coefficient (Wildman–Crippen LogP) is 4.66. The minimum atomic E-state index is -0.116. The number of rotatable bonds is 4. The molecule has 4 aromatic rings. The number of carbonyl (C=O) groups excluding carboxylic acids is 1. The van der Waals surface area contributed by atoms with Crippen LogP contribution in [-0.4, -0.2) is 50.2 Å². The first-order valence-corrected chi connectivity index (χ1v) is 12.1. The Labute approximate surface area is 198 Å². The zero-order valence-electron chi connectivity index (χ0n) is 19.4. The molecule has 2 saturated heterocycles. The van der Waals surface area contributed by atoms with Crippen LogP contribution in [0.5, 0.6) is 0 Å². The molecule has 1 amide bonds. The molecule has 3 aromatic heterocycles. The minimum Gasteiger partial charge on any atom is -0.356 e. The van der Waals surface area contributed by atoms with Crippen molar-refractivity contribution in [3.8, 4) is 11.3 Å². The normalized spacial score (nSPS) is 18.7. The molecule has 5 heterocycles. The van der Waals surface area contributed by atoms with E-state index in [0.717, 1.165) is 60.6 Å². The quantitative estimate of drug-likeness (QED) is 0.444. The Balaban J connectivity index is 1.29. The summed E-state index contributed by atoms with van der Waals surface area (Å²) in [7, 11) is 0. The molecule has 2 aliphatic heterocycles. The van der Waals surface area contributed by atoms with E-state index in [1.807, 2.05) is 45.8 Å². The number of hydrogen-bond acceptors (Lipinski definition) is 6. The first-order valence-electron chi connectivity index (χ1n) is 12.1. The number of likely N-dealkylation sites (tertiary alicyclic amines) is 1. The molecule has 0 bridgehead atoms. The van der Waals surface area contributed by atoms with Gasteiger partial charge in [0.05, 0.1) is 11.7 Å². The van der Waals surface area contributed by atoms with Crippen molar-refractivity contribution in [1.82, 2.24) is 24.7 Å². The van der Waals surface area contributed by atoms with Gasteiger partial charge in [-0.3, -0.25) is 4.79 Å². The van der Waals surface area contributed by atoms with Crippen molar-refractivity contribution in [2.75, 3.05) is 24.5 Å². The number of aryl methyl sites for hydroxylation is 1. The van der Waals surface area contributed by atoms with Gasteiger partial charge >= 0.3 is 0 Å². The Bertz CT molecular complexity index is 1320. The van der Waals surface area contributed by atoms with Gasteiger partial charge in [-0.15, -0.1) is 0 Å². The smallest absolute Gasteiger partial charge is 0.276 e. The monoisotopic (exact) mass is 456 g/mol. The number of amides is 1. The number of anilines is 1. The molecule has 0 spiro atoms. The van der Waals surface area contributed by atoms with Crippen molar-refractivity contribution in [3.63, 3.8) is 0 Å². The van der Waals surface area contributed by atoms with Crippen LogP contribution in [0.1, 0.15) is 59.9 Å². The standard InChI is InChI=1S/C26H28N6O2/c1-18-17-32-24(27-25(18)30-12-7-8-13-30)16-20(28-32)22-11-5-6-14-31(22)26(33)21-15-23(34-29-21)19-9-3-2-4-10-19/h2-4,9-10,15-17,22H,5-8,11-14H2,1H3/t22-/m0/s1. The molecule has 0 aliphatic carbocycles. The Morgan fingerprint density at radius 1 is 1.03 bits per heavy atom. The maximum atomic E-state index is 13.5. The fourth-order valence-corrected chi connectivity index (χ4v) is 5.17. The SMILES string of the molecule is Cc1cn2nc([C@@H]3CCCCN3C(=O)c3cc(-c4ccccc4)on3)cc2nc1N1CCCC1. The molecule has 6 rings (SSSR count). The second-order valence-electron chi connectivity index (χ2n) is 9.27. The van der Waals surface area contributed by atoms with Crippen molar-refractivity contribution in [3.05, 3.63) is 65.6 Å². The highest BCUT2D eigenvalue weighted by Crippen LogP contribution is 2.33. The molecule has 1 atom stereocenters. The van der Waals surface area contributed by atoms with Crippen LogP contribution in [0.3, 0.4) is 0 Å². The number of aromatic nitrogens is 4. The fraction of sp³-hybridized carbons (Fsp3) is 0.385. The van der Waals surface area contributed by atoms with E-state index in [0.29, 0.717) is 18.0 Å². The van der Waals surface area contributed by atoms with Crippen LogP contribution < -0.4 is 4.90 Å². The van der Waals surface area contributed by atoms with E-state index in [2.05, 4.69) is 23.2 Å². The van der Waals surface area contributed by atoms with Gasteiger partial charge in [-0.05, 0) is 39.0 Å². The molecule has 2 fully saturated rings. The maximum absolute atomic E-state index is 13.5. The highest BCUT2D eigenvalue weighted by atomic mass is 16.5. The number of carbonyl (C=O) groups is 1. The summed E-state index contributed by atoms with van der Waals surface area (Å²) in [6.45, 7) is 4.88. The third kappa shape index (κ3) is 3.73. The summed E-state index contributed by atoms with van der Waals surface area (Å²) in [6.07, 6.45) is 7.38. The summed E-state index contributed by atoms with van der Waals surface area (Å²) in [5.74, 6) is 1.53. The molecule has 0 N–H and O–H groups in total. The number of hydrogen-bond donors (Lipinski definition) is 0. The summed E-state index contributed by atoms with van der Waals surface area (Å²) in [5.41, 5.74) is 4.06. The van der Waals surface area contributed by atoms with Gasteiger partial charge in [0, 0.05) is 49.1 Å². The lowest BCUT2D eigenvalue weighted by atomic mass is 9.99. The highest BCUT2D eigenvalue weighted by Gasteiger charge is 2.32. The van der Waals surface area contributed by atoms with Crippen molar-refractivity contribution in [2.45, 2.75) is 45.1 Å². The van der Waals surface area contributed by atoms with Gasteiger partial charge in [-0.25, -0.2) is 9.50 Å². The molecule has 0 radical (unpaired) electrons. The van der Waals surface area contributed by atoms with Gasteiger partial charge < -0.3 is 14.3 Å². The Hall–Kier alpha value is -3.68. The predicted molar refractivity (Wildman–Crippen MR) is 129 cm³/mol. The molecule has 0 unspecified atom stereocenters. The summed E-state index contributed by atoms with van der Waals surface area (Å²) in [5, 5.41) is 8.94. The van der Waals surface area contributed by atoms with Crippen molar-refractivity contribution >= 4 is 17.4 Å². The average molecular weight is 457 g/mol. The van der Waals surface area contributed by atoms with Gasteiger partial charge in [0.2, 0.25) is 0 Å². The number of benzene rings is 1. The molecule has 8 nitrogen and oxygen atoms in total. The number of piperidine rings is 1. The van der Waals surface area contributed by atoms with Crippen LogP contribution in [0.2, 0.25) is 0 Å². The van der Waals surface area contributed by atoms with Crippen molar-refractivity contribution in [1.29, 1.82) is 0 Å². The van der Waals surface area contributed by atoms with Crippen LogP contribution in [0.15, 0.2) is 53.2 Å². The Kier molecular flexibility index (Phi) is 5.28. The lowest BCUT2D eigenvalue weighted by Gasteiger charge is -2.34. The van der Waals surface area contributed by atoms with E-state index in [1.165, 1.54) is 12.8 Å². The van der Waals surface area contributed by atoms with E-state index < -0.39 is 0 Å². The van der Waals surface area contributed by atoms with Crippen LogP contribution in [0.4, 0.5) is 5.82 Å². The van der Waals surface area contributed by atoms with E-state index in [9.17, 15) is 4.79 Å². The van der Waals surface area contributed by atoms with E-state index >= 15 is 0 Å². The van der Waals surface area contributed by atoms with Crippen LogP contribution in [0, 0.1) is 6.92 Å².